The fraction of sp³-hybridized carbons (Fsp3) is 0.833. The Morgan fingerprint density at radius 1 is 1.47 bits per heavy atom. The number of hydrogen-bond donors (Lipinski definition) is 0. The molecule has 11 heteroatoms. The number of carbonyl (C=O) groups is 1. The lowest BCUT2D eigenvalue weighted by Gasteiger charge is -2.10. The molecule has 0 fully saturated rings. The number of ether oxygens (including phenoxy) is 1. The molecule has 0 spiro atoms. The number of azide groups is 1. The van der Waals surface area contributed by atoms with E-state index < -0.39 is 28.0 Å². The average Bonchev–Trinajstić information content (AvgIpc) is 2.21. The Balaban J connectivity index is 4.71. The van der Waals surface area contributed by atoms with Gasteiger partial charge in [-0.15, -0.1) is 0 Å². The van der Waals surface area contributed by atoms with Gasteiger partial charge in [-0.2, -0.15) is 0 Å². The normalized spacial score (nSPS) is 10.2. The van der Waals surface area contributed by atoms with Crippen LogP contribution in [0.4, 0.5) is 0 Å². The third kappa shape index (κ3) is 3.91. The van der Waals surface area contributed by atoms with Crippen molar-refractivity contribution in [3.63, 3.8) is 0 Å². The van der Waals surface area contributed by atoms with Crippen LogP contribution in [0.5, 0.6) is 0 Å². The number of esters is 1. The van der Waals surface area contributed by atoms with Crippen LogP contribution >= 0.6 is 0 Å². The van der Waals surface area contributed by atoms with Crippen molar-refractivity contribution < 1.29 is 19.4 Å². The van der Waals surface area contributed by atoms with E-state index in [1.54, 1.807) is 0 Å². The van der Waals surface area contributed by atoms with Crippen LogP contribution in [-0.2, 0) is 9.53 Å². The van der Waals surface area contributed by atoms with Gasteiger partial charge in [0.25, 0.3) is 0 Å². The third-order valence-electron chi connectivity index (χ3n) is 1.75. The van der Waals surface area contributed by atoms with E-state index in [4.69, 9.17) is 5.53 Å². The molecule has 0 aliphatic rings. The van der Waals surface area contributed by atoms with Gasteiger partial charge in [-0.05, 0) is 12.0 Å². The van der Waals surface area contributed by atoms with E-state index in [-0.39, 0.29) is 13.0 Å². The van der Waals surface area contributed by atoms with Crippen molar-refractivity contribution in [2.45, 2.75) is 25.6 Å². The summed E-state index contributed by atoms with van der Waals surface area (Å²) < 4.78 is 4.46. The minimum Gasteiger partial charge on any atom is -0.466 e. The topological polar surface area (TPSA) is 161 Å². The number of nitro groups is 2. The molecule has 0 atom stereocenters. The summed E-state index contributed by atoms with van der Waals surface area (Å²) in [4.78, 5) is 31.1. The molecule has 0 aromatic rings. The molecule has 0 aliphatic heterocycles. The predicted octanol–water partition coefficient (Wildman–Crippen LogP) is 0.847. The highest BCUT2D eigenvalue weighted by Gasteiger charge is 2.55. The molecule has 0 rings (SSSR count). The maximum atomic E-state index is 10.6. The molecule has 0 N–H and O–H groups in total. The van der Waals surface area contributed by atoms with Crippen LogP contribution in [0.3, 0.4) is 0 Å². The molecule has 0 unspecified atom stereocenters. The summed E-state index contributed by atoms with van der Waals surface area (Å²) in [7, 11) is 0. The minimum absolute atomic E-state index is 0.166. The summed E-state index contributed by atoms with van der Waals surface area (Å²) in [5.41, 5.74) is 8.11. The molecular weight excluding hydrogens is 238 g/mol. The second-order valence-electron chi connectivity index (χ2n) is 2.92. The number of hydrogen-bond acceptors (Lipinski definition) is 7. The van der Waals surface area contributed by atoms with Crippen molar-refractivity contribution in [2.24, 2.45) is 5.11 Å². The molecule has 0 saturated heterocycles. The summed E-state index contributed by atoms with van der Waals surface area (Å²) in [5, 5.41) is 23.8. The molecule has 11 nitrogen and oxygen atoms in total. The summed E-state index contributed by atoms with van der Waals surface area (Å²) in [6.07, 6.45) is -0.828. The summed E-state index contributed by atoms with van der Waals surface area (Å²) >= 11 is 0. The largest absolute Gasteiger partial charge is 0.545 e. The van der Waals surface area contributed by atoms with Gasteiger partial charge in [0, 0.05) is 11.8 Å². The highest BCUT2D eigenvalue weighted by molar-refractivity contribution is 5.65. The SMILES string of the molecule is CC(=O)OCCCC(N=[N+]=[N-])([N+](=O)[O-])[N+](=O)[O-]. The van der Waals surface area contributed by atoms with Gasteiger partial charge in [-0.25, -0.2) is 0 Å². The quantitative estimate of drug-likeness (QED) is 0.0945. The Kier molecular flexibility index (Phi) is 5.34. The van der Waals surface area contributed by atoms with Crippen molar-refractivity contribution >= 4 is 5.97 Å². The van der Waals surface area contributed by atoms with E-state index in [9.17, 15) is 25.0 Å². The maximum absolute atomic E-state index is 10.6. The Morgan fingerprint density at radius 2 is 2.00 bits per heavy atom. The van der Waals surface area contributed by atoms with E-state index in [1.165, 1.54) is 0 Å². The van der Waals surface area contributed by atoms with Gasteiger partial charge in [-0.3, -0.25) is 25.0 Å². The van der Waals surface area contributed by atoms with Crippen LogP contribution in [0.2, 0.25) is 0 Å². The van der Waals surface area contributed by atoms with Crippen molar-refractivity contribution in [1.29, 1.82) is 0 Å². The lowest BCUT2D eigenvalue weighted by Crippen LogP contribution is -2.44. The molecule has 0 aromatic heterocycles. The van der Waals surface area contributed by atoms with Gasteiger partial charge < -0.3 is 4.74 Å². The van der Waals surface area contributed by atoms with Gasteiger partial charge in [-0.1, -0.05) is 0 Å². The average molecular weight is 247 g/mol. The molecule has 0 aromatic carbocycles. The summed E-state index contributed by atoms with van der Waals surface area (Å²) in [6, 6.07) is 0. The standard InChI is InChI=1S/C6H9N5O6/c1-5(12)17-4-2-3-6(8-9-7,10(13)14)11(15)16/h2-4H2,1H3. The fourth-order valence-corrected chi connectivity index (χ4v) is 0.969. The van der Waals surface area contributed by atoms with Gasteiger partial charge in [0.15, 0.2) is 0 Å². The van der Waals surface area contributed by atoms with E-state index in [0.717, 1.165) is 6.92 Å². The second-order valence-corrected chi connectivity index (χ2v) is 2.92. The van der Waals surface area contributed by atoms with Crippen LogP contribution in [0, 0.1) is 20.2 Å². The monoisotopic (exact) mass is 247 g/mol. The third-order valence-corrected chi connectivity index (χ3v) is 1.75. The second kappa shape index (κ2) is 6.23. The van der Waals surface area contributed by atoms with Gasteiger partial charge in [0.2, 0.25) is 0 Å². The molecule has 0 radical (unpaired) electrons. The lowest BCUT2D eigenvalue weighted by molar-refractivity contribution is -0.796. The first-order chi connectivity index (χ1) is 7.86. The molecule has 0 heterocycles. The van der Waals surface area contributed by atoms with E-state index >= 15 is 0 Å². The highest BCUT2D eigenvalue weighted by Crippen LogP contribution is 2.20. The summed E-state index contributed by atoms with van der Waals surface area (Å²) in [6.45, 7) is 0.904. The highest BCUT2D eigenvalue weighted by atomic mass is 16.7. The smallest absolute Gasteiger partial charge is 0.466 e. The Bertz CT molecular complexity index is 356. The van der Waals surface area contributed by atoms with Crippen molar-refractivity contribution in [3.8, 4) is 0 Å². The van der Waals surface area contributed by atoms with Crippen LogP contribution < -0.4 is 0 Å². The molecule has 0 amide bonds. The zero-order chi connectivity index (χ0) is 13.5. The molecule has 0 aliphatic carbocycles. The van der Waals surface area contributed by atoms with Crippen LogP contribution in [0.1, 0.15) is 19.8 Å². The summed E-state index contributed by atoms with van der Waals surface area (Å²) in [5.74, 6) is -3.56. The Labute approximate surface area is 94.3 Å². The van der Waals surface area contributed by atoms with E-state index in [1.807, 2.05) is 0 Å². The predicted molar refractivity (Wildman–Crippen MR) is 51.7 cm³/mol. The number of carbonyl (C=O) groups excluding carboxylic acids is 1. The fourth-order valence-electron chi connectivity index (χ4n) is 0.969. The van der Waals surface area contributed by atoms with Crippen LogP contribution in [0.15, 0.2) is 5.11 Å². The zero-order valence-corrected chi connectivity index (χ0v) is 8.81. The Morgan fingerprint density at radius 3 is 2.35 bits per heavy atom. The Hall–Kier alpha value is -2.42. The zero-order valence-electron chi connectivity index (χ0n) is 8.81. The molecule has 17 heavy (non-hydrogen) atoms. The van der Waals surface area contributed by atoms with Gasteiger partial charge in [0.1, 0.15) is 16.3 Å². The first kappa shape index (κ1) is 14.6. The first-order valence-electron chi connectivity index (χ1n) is 4.35. The van der Waals surface area contributed by atoms with Gasteiger partial charge in [0.05, 0.1) is 11.7 Å². The van der Waals surface area contributed by atoms with Crippen molar-refractivity contribution in [3.05, 3.63) is 30.7 Å². The molecule has 0 bridgehead atoms. The minimum atomic E-state index is -2.95. The number of nitrogens with zero attached hydrogens (tertiary/aromatic N) is 5. The van der Waals surface area contributed by atoms with E-state index in [2.05, 4.69) is 14.8 Å². The molecule has 94 valence electrons. The molecule has 0 saturated carbocycles. The lowest BCUT2D eigenvalue weighted by atomic mass is 10.2. The van der Waals surface area contributed by atoms with Gasteiger partial charge >= 0.3 is 11.8 Å². The van der Waals surface area contributed by atoms with E-state index in [0.29, 0.717) is 0 Å². The number of rotatable bonds is 7. The molecular formula is C6H9N5O6. The van der Waals surface area contributed by atoms with Crippen molar-refractivity contribution in [2.75, 3.05) is 6.61 Å². The van der Waals surface area contributed by atoms with Crippen LogP contribution in [0.25, 0.3) is 10.4 Å². The van der Waals surface area contributed by atoms with Crippen molar-refractivity contribution in [1.82, 2.24) is 0 Å². The maximum Gasteiger partial charge on any atom is 0.545 e. The van der Waals surface area contributed by atoms with Crippen LogP contribution in [-0.4, -0.2) is 28.2 Å². The first-order valence-corrected chi connectivity index (χ1v) is 4.35.